The molecule has 0 spiro atoms. The third-order valence-corrected chi connectivity index (χ3v) is 1.89. The Balaban J connectivity index is 2.81. The molecule has 3 heteroatoms. The predicted octanol–water partition coefficient (Wildman–Crippen LogP) is 1.59. The standard InChI is InChI=1S/C11H13NO2/c1-8-4-2-5-9(11(8)14)6-3-7-10(12)13/h2-6,14H,7H2,1H3,(H2,12,13). The molecule has 3 N–H and O–H groups in total. The lowest BCUT2D eigenvalue weighted by Crippen LogP contribution is -2.07. The first-order valence-corrected chi connectivity index (χ1v) is 4.34. The first-order chi connectivity index (χ1) is 6.61. The van der Waals surface area contributed by atoms with Crippen LogP contribution in [-0.2, 0) is 4.79 Å². The van der Waals surface area contributed by atoms with Gasteiger partial charge < -0.3 is 10.8 Å². The minimum atomic E-state index is -0.381. The number of phenolic OH excluding ortho intramolecular Hbond substituents is 1. The van der Waals surface area contributed by atoms with Gasteiger partial charge in [-0.15, -0.1) is 0 Å². The number of hydrogen-bond donors (Lipinski definition) is 2. The van der Waals surface area contributed by atoms with Gasteiger partial charge in [-0.05, 0) is 12.5 Å². The van der Waals surface area contributed by atoms with Crippen molar-refractivity contribution in [2.45, 2.75) is 13.3 Å². The second-order valence-corrected chi connectivity index (χ2v) is 3.09. The van der Waals surface area contributed by atoms with Crippen LogP contribution in [0.3, 0.4) is 0 Å². The number of carbonyl (C=O) groups excluding carboxylic acids is 1. The molecule has 0 aliphatic rings. The van der Waals surface area contributed by atoms with E-state index in [0.29, 0.717) is 5.56 Å². The maximum atomic E-state index is 10.4. The fourth-order valence-electron chi connectivity index (χ4n) is 1.12. The summed E-state index contributed by atoms with van der Waals surface area (Å²) < 4.78 is 0. The molecule has 0 saturated heterocycles. The van der Waals surface area contributed by atoms with Gasteiger partial charge in [0.15, 0.2) is 0 Å². The lowest BCUT2D eigenvalue weighted by Gasteiger charge is -2.01. The van der Waals surface area contributed by atoms with Crippen LogP contribution in [0.5, 0.6) is 5.75 Å². The summed E-state index contributed by atoms with van der Waals surface area (Å²) in [5.41, 5.74) is 6.48. The topological polar surface area (TPSA) is 63.3 Å². The second kappa shape index (κ2) is 4.46. The van der Waals surface area contributed by atoms with E-state index in [1.54, 1.807) is 18.2 Å². The fraction of sp³-hybridized carbons (Fsp3) is 0.182. The smallest absolute Gasteiger partial charge is 0.221 e. The minimum Gasteiger partial charge on any atom is -0.507 e. The van der Waals surface area contributed by atoms with Gasteiger partial charge in [0.1, 0.15) is 5.75 Å². The highest BCUT2D eigenvalue weighted by Crippen LogP contribution is 2.22. The lowest BCUT2D eigenvalue weighted by molar-refractivity contribution is -0.117. The highest BCUT2D eigenvalue weighted by Gasteiger charge is 1.99. The average Bonchev–Trinajstić information content (AvgIpc) is 2.12. The number of phenols is 1. The Morgan fingerprint density at radius 2 is 2.29 bits per heavy atom. The Labute approximate surface area is 82.9 Å². The summed E-state index contributed by atoms with van der Waals surface area (Å²) in [6.45, 7) is 1.82. The number of nitrogens with two attached hydrogens (primary N) is 1. The van der Waals surface area contributed by atoms with E-state index in [1.165, 1.54) is 0 Å². The van der Waals surface area contributed by atoms with Gasteiger partial charge in [0.2, 0.25) is 5.91 Å². The van der Waals surface area contributed by atoms with Crippen LogP contribution in [0.2, 0.25) is 0 Å². The van der Waals surface area contributed by atoms with E-state index in [4.69, 9.17) is 5.73 Å². The zero-order valence-corrected chi connectivity index (χ0v) is 8.03. The summed E-state index contributed by atoms with van der Waals surface area (Å²) in [4.78, 5) is 10.4. The van der Waals surface area contributed by atoms with Crippen LogP contribution < -0.4 is 5.73 Å². The Bertz CT molecular complexity index is 370. The number of para-hydroxylation sites is 1. The van der Waals surface area contributed by atoms with Crippen molar-refractivity contribution in [1.29, 1.82) is 0 Å². The summed E-state index contributed by atoms with van der Waals surface area (Å²) in [6, 6.07) is 5.44. The molecule has 0 atom stereocenters. The van der Waals surface area contributed by atoms with E-state index < -0.39 is 0 Å². The van der Waals surface area contributed by atoms with Crippen molar-refractivity contribution in [3.63, 3.8) is 0 Å². The number of benzene rings is 1. The number of amides is 1. The van der Waals surface area contributed by atoms with Crippen molar-refractivity contribution in [3.8, 4) is 5.75 Å². The van der Waals surface area contributed by atoms with Gasteiger partial charge in [-0.1, -0.05) is 30.4 Å². The van der Waals surface area contributed by atoms with Gasteiger partial charge in [0.05, 0.1) is 0 Å². The highest BCUT2D eigenvalue weighted by atomic mass is 16.3. The molecular formula is C11H13NO2. The maximum absolute atomic E-state index is 10.4. The van der Waals surface area contributed by atoms with Gasteiger partial charge >= 0.3 is 0 Å². The zero-order chi connectivity index (χ0) is 10.6. The van der Waals surface area contributed by atoms with Crippen molar-refractivity contribution >= 4 is 12.0 Å². The maximum Gasteiger partial charge on any atom is 0.221 e. The number of carbonyl (C=O) groups is 1. The first kappa shape index (κ1) is 10.3. The summed E-state index contributed by atoms with van der Waals surface area (Å²) in [5, 5.41) is 9.60. The van der Waals surface area contributed by atoms with Crippen molar-refractivity contribution in [3.05, 3.63) is 35.4 Å². The summed E-state index contributed by atoms with van der Waals surface area (Å²) >= 11 is 0. The third kappa shape index (κ3) is 2.62. The monoisotopic (exact) mass is 191 g/mol. The van der Waals surface area contributed by atoms with E-state index in [-0.39, 0.29) is 18.1 Å². The molecule has 14 heavy (non-hydrogen) atoms. The molecule has 3 nitrogen and oxygen atoms in total. The molecule has 0 aliphatic carbocycles. The third-order valence-electron chi connectivity index (χ3n) is 1.89. The van der Waals surface area contributed by atoms with Crippen LogP contribution in [0, 0.1) is 6.92 Å². The predicted molar refractivity (Wildman–Crippen MR) is 55.7 cm³/mol. The number of primary amides is 1. The SMILES string of the molecule is Cc1cccc(C=CCC(N)=O)c1O. The Hall–Kier alpha value is -1.77. The molecular weight excluding hydrogens is 178 g/mol. The van der Waals surface area contributed by atoms with E-state index in [2.05, 4.69) is 0 Å². The lowest BCUT2D eigenvalue weighted by atomic mass is 10.1. The van der Waals surface area contributed by atoms with Crippen LogP contribution in [-0.4, -0.2) is 11.0 Å². The second-order valence-electron chi connectivity index (χ2n) is 3.09. The molecule has 0 unspecified atom stereocenters. The first-order valence-electron chi connectivity index (χ1n) is 4.34. The molecule has 1 amide bonds. The molecule has 0 radical (unpaired) electrons. The molecule has 1 aromatic rings. The van der Waals surface area contributed by atoms with Crippen molar-refractivity contribution in [2.24, 2.45) is 5.73 Å². The normalized spacial score (nSPS) is 10.6. The number of rotatable bonds is 3. The molecule has 0 aliphatic heterocycles. The van der Waals surface area contributed by atoms with Crippen LogP contribution >= 0.6 is 0 Å². The van der Waals surface area contributed by atoms with E-state index in [0.717, 1.165) is 5.56 Å². The molecule has 0 heterocycles. The molecule has 1 rings (SSSR count). The Kier molecular flexibility index (Phi) is 3.29. The highest BCUT2D eigenvalue weighted by molar-refractivity contribution is 5.76. The number of hydrogen-bond acceptors (Lipinski definition) is 2. The van der Waals surface area contributed by atoms with Crippen LogP contribution in [0.4, 0.5) is 0 Å². The molecule has 74 valence electrons. The number of aromatic hydroxyl groups is 1. The quantitative estimate of drug-likeness (QED) is 0.762. The molecule has 0 bridgehead atoms. The average molecular weight is 191 g/mol. The van der Waals surface area contributed by atoms with Gasteiger partial charge in [0.25, 0.3) is 0 Å². The van der Waals surface area contributed by atoms with Gasteiger partial charge in [-0.3, -0.25) is 4.79 Å². The minimum absolute atomic E-state index is 0.188. The molecule has 1 aromatic carbocycles. The molecule has 0 saturated carbocycles. The van der Waals surface area contributed by atoms with Crippen LogP contribution in [0.25, 0.3) is 6.08 Å². The fourth-order valence-corrected chi connectivity index (χ4v) is 1.12. The van der Waals surface area contributed by atoms with Gasteiger partial charge in [-0.25, -0.2) is 0 Å². The van der Waals surface area contributed by atoms with Crippen molar-refractivity contribution < 1.29 is 9.90 Å². The molecule has 0 aromatic heterocycles. The zero-order valence-electron chi connectivity index (χ0n) is 8.03. The van der Waals surface area contributed by atoms with Crippen LogP contribution in [0.15, 0.2) is 24.3 Å². The Morgan fingerprint density at radius 1 is 1.57 bits per heavy atom. The van der Waals surface area contributed by atoms with Gasteiger partial charge in [-0.2, -0.15) is 0 Å². The van der Waals surface area contributed by atoms with Crippen molar-refractivity contribution in [1.82, 2.24) is 0 Å². The van der Waals surface area contributed by atoms with Crippen LogP contribution in [0.1, 0.15) is 17.5 Å². The van der Waals surface area contributed by atoms with Crippen molar-refractivity contribution in [2.75, 3.05) is 0 Å². The van der Waals surface area contributed by atoms with E-state index in [9.17, 15) is 9.90 Å². The molecule has 0 fully saturated rings. The summed E-state index contributed by atoms with van der Waals surface area (Å²) in [6.07, 6.45) is 3.51. The van der Waals surface area contributed by atoms with E-state index in [1.807, 2.05) is 19.1 Å². The number of aryl methyl sites for hydroxylation is 1. The van der Waals surface area contributed by atoms with Gasteiger partial charge in [0, 0.05) is 12.0 Å². The summed E-state index contributed by atoms with van der Waals surface area (Å²) in [5.74, 6) is -0.137. The summed E-state index contributed by atoms with van der Waals surface area (Å²) in [7, 11) is 0. The van der Waals surface area contributed by atoms with E-state index >= 15 is 0 Å². The Morgan fingerprint density at radius 3 is 2.93 bits per heavy atom. The largest absolute Gasteiger partial charge is 0.507 e.